The highest BCUT2D eigenvalue weighted by Crippen LogP contribution is 2.29. The molecule has 3 N–H and O–H groups in total. The highest BCUT2D eigenvalue weighted by atomic mass is 19.4. The summed E-state index contributed by atoms with van der Waals surface area (Å²) in [5.41, 5.74) is 5.85. The summed E-state index contributed by atoms with van der Waals surface area (Å²) in [6.07, 6.45) is -4.35. The molecule has 0 amide bonds. The average Bonchev–Trinajstić information content (AvgIpc) is 2.46. The Hall–Kier alpha value is -2.44. The molecule has 2 aromatic rings. The third-order valence-corrected chi connectivity index (χ3v) is 2.81. The average molecular weight is 297 g/mol. The summed E-state index contributed by atoms with van der Waals surface area (Å²) in [6.45, 7) is 0.212. The van der Waals surface area contributed by atoms with E-state index in [1.165, 1.54) is 13.2 Å². The molecule has 2 rings (SSSR count). The Morgan fingerprint density at radius 3 is 2.67 bits per heavy atom. The molecule has 1 aromatic heterocycles. The SMILES string of the molecule is COc1nc(NCc2cccc(C(F)(F)F)c2)ccc1N. The van der Waals surface area contributed by atoms with Gasteiger partial charge in [-0.1, -0.05) is 12.1 Å². The summed E-state index contributed by atoms with van der Waals surface area (Å²) < 4.78 is 42.8. The second kappa shape index (κ2) is 5.90. The van der Waals surface area contributed by atoms with Crippen molar-refractivity contribution in [1.82, 2.24) is 4.98 Å². The first kappa shape index (κ1) is 15.0. The number of benzene rings is 1. The van der Waals surface area contributed by atoms with Gasteiger partial charge < -0.3 is 15.8 Å². The van der Waals surface area contributed by atoms with Crippen LogP contribution < -0.4 is 15.8 Å². The number of nitrogen functional groups attached to an aromatic ring is 1. The Bertz CT molecular complexity index is 629. The van der Waals surface area contributed by atoms with E-state index in [-0.39, 0.29) is 12.4 Å². The Labute approximate surface area is 119 Å². The lowest BCUT2D eigenvalue weighted by Gasteiger charge is -2.11. The first-order chi connectivity index (χ1) is 9.90. The van der Waals surface area contributed by atoms with Crippen molar-refractivity contribution in [3.63, 3.8) is 0 Å². The zero-order valence-electron chi connectivity index (χ0n) is 11.2. The van der Waals surface area contributed by atoms with Crippen molar-refractivity contribution in [1.29, 1.82) is 0 Å². The third kappa shape index (κ3) is 3.77. The van der Waals surface area contributed by atoms with E-state index in [1.54, 1.807) is 18.2 Å². The van der Waals surface area contributed by atoms with Crippen LogP contribution in [0.1, 0.15) is 11.1 Å². The summed E-state index contributed by atoms with van der Waals surface area (Å²) in [6, 6.07) is 8.36. The van der Waals surface area contributed by atoms with Crippen molar-refractivity contribution < 1.29 is 17.9 Å². The number of methoxy groups -OCH3 is 1. The number of nitrogens with zero attached hydrogens (tertiary/aromatic N) is 1. The van der Waals surface area contributed by atoms with E-state index in [9.17, 15) is 13.2 Å². The number of anilines is 2. The molecule has 21 heavy (non-hydrogen) atoms. The standard InChI is InChI=1S/C14H14F3N3O/c1-21-13-11(18)5-6-12(20-13)19-8-9-3-2-4-10(7-9)14(15,16)17/h2-7H,8,18H2,1H3,(H,19,20). The summed E-state index contributed by atoms with van der Waals surface area (Å²) >= 11 is 0. The van der Waals surface area contributed by atoms with E-state index in [0.29, 0.717) is 17.1 Å². The number of nitrogens with two attached hydrogens (primary N) is 1. The van der Waals surface area contributed by atoms with Gasteiger partial charge in [0, 0.05) is 6.54 Å². The van der Waals surface area contributed by atoms with E-state index in [2.05, 4.69) is 10.3 Å². The minimum atomic E-state index is -4.35. The van der Waals surface area contributed by atoms with Crippen LogP contribution in [0.15, 0.2) is 36.4 Å². The van der Waals surface area contributed by atoms with Gasteiger partial charge >= 0.3 is 6.18 Å². The van der Waals surface area contributed by atoms with Gasteiger partial charge in [-0.3, -0.25) is 0 Å². The molecule has 0 aliphatic rings. The number of nitrogens with one attached hydrogen (secondary N) is 1. The molecule has 0 fully saturated rings. The van der Waals surface area contributed by atoms with Gasteiger partial charge in [0.05, 0.1) is 18.4 Å². The Kier molecular flexibility index (Phi) is 4.21. The van der Waals surface area contributed by atoms with Gasteiger partial charge in [0.2, 0.25) is 5.88 Å². The normalized spacial score (nSPS) is 11.2. The number of rotatable bonds is 4. The molecular weight excluding hydrogens is 283 g/mol. The lowest BCUT2D eigenvalue weighted by molar-refractivity contribution is -0.137. The topological polar surface area (TPSA) is 60.2 Å². The van der Waals surface area contributed by atoms with Gasteiger partial charge in [-0.2, -0.15) is 18.2 Å². The first-order valence-corrected chi connectivity index (χ1v) is 6.10. The van der Waals surface area contributed by atoms with Crippen molar-refractivity contribution in [2.24, 2.45) is 0 Å². The predicted octanol–water partition coefficient (Wildman–Crippen LogP) is 3.30. The first-order valence-electron chi connectivity index (χ1n) is 6.10. The molecule has 112 valence electrons. The number of alkyl halides is 3. The number of hydrogen-bond acceptors (Lipinski definition) is 4. The predicted molar refractivity (Wildman–Crippen MR) is 74.0 cm³/mol. The highest BCUT2D eigenvalue weighted by Gasteiger charge is 2.30. The fourth-order valence-electron chi connectivity index (χ4n) is 1.76. The maximum atomic E-state index is 12.6. The lowest BCUT2D eigenvalue weighted by Crippen LogP contribution is -2.07. The van der Waals surface area contributed by atoms with E-state index >= 15 is 0 Å². The van der Waals surface area contributed by atoms with Gasteiger partial charge in [-0.25, -0.2) is 0 Å². The van der Waals surface area contributed by atoms with Crippen LogP contribution in [-0.2, 0) is 12.7 Å². The van der Waals surface area contributed by atoms with Crippen LogP contribution in [0.2, 0.25) is 0 Å². The van der Waals surface area contributed by atoms with Crippen LogP contribution in [0.5, 0.6) is 5.88 Å². The Morgan fingerprint density at radius 1 is 1.24 bits per heavy atom. The molecule has 4 nitrogen and oxygen atoms in total. The zero-order valence-corrected chi connectivity index (χ0v) is 11.2. The van der Waals surface area contributed by atoms with E-state index < -0.39 is 11.7 Å². The van der Waals surface area contributed by atoms with Crippen LogP contribution in [-0.4, -0.2) is 12.1 Å². The molecule has 0 unspecified atom stereocenters. The molecule has 0 saturated heterocycles. The third-order valence-electron chi connectivity index (χ3n) is 2.81. The van der Waals surface area contributed by atoms with Gasteiger partial charge in [0.25, 0.3) is 0 Å². The van der Waals surface area contributed by atoms with Gasteiger partial charge in [-0.05, 0) is 29.8 Å². The molecule has 0 saturated carbocycles. The van der Waals surface area contributed by atoms with Crippen LogP contribution >= 0.6 is 0 Å². The van der Waals surface area contributed by atoms with Crippen molar-refractivity contribution in [2.75, 3.05) is 18.2 Å². The summed E-state index contributed by atoms with van der Waals surface area (Å²) in [4.78, 5) is 4.10. The monoisotopic (exact) mass is 297 g/mol. The van der Waals surface area contributed by atoms with Crippen molar-refractivity contribution in [3.05, 3.63) is 47.5 Å². The van der Waals surface area contributed by atoms with Crippen LogP contribution in [0, 0.1) is 0 Å². The van der Waals surface area contributed by atoms with Crippen molar-refractivity contribution in [2.45, 2.75) is 12.7 Å². The maximum absolute atomic E-state index is 12.6. The molecule has 0 aliphatic carbocycles. The van der Waals surface area contributed by atoms with E-state index in [4.69, 9.17) is 10.5 Å². The van der Waals surface area contributed by atoms with Crippen molar-refractivity contribution >= 4 is 11.5 Å². The molecule has 0 bridgehead atoms. The summed E-state index contributed by atoms with van der Waals surface area (Å²) in [5, 5.41) is 2.93. The van der Waals surface area contributed by atoms with E-state index in [1.807, 2.05) is 0 Å². The Balaban J connectivity index is 2.10. The number of ether oxygens (including phenoxy) is 1. The van der Waals surface area contributed by atoms with Crippen molar-refractivity contribution in [3.8, 4) is 5.88 Å². The quantitative estimate of drug-likeness (QED) is 0.909. The highest BCUT2D eigenvalue weighted by molar-refractivity contribution is 5.53. The maximum Gasteiger partial charge on any atom is 0.416 e. The molecular formula is C14H14F3N3O. The zero-order chi connectivity index (χ0) is 15.5. The molecule has 1 aromatic carbocycles. The van der Waals surface area contributed by atoms with Gasteiger partial charge in [-0.15, -0.1) is 0 Å². The second-order valence-electron chi connectivity index (χ2n) is 4.35. The molecule has 0 aliphatic heterocycles. The fraction of sp³-hybridized carbons (Fsp3) is 0.214. The minimum Gasteiger partial charge on any atom is -0.479 e. The largest absolute Gasteiger partial charge is 0.479 e. The summed E-state index contributed by atoms with van der Waals surface area (Å²) in [5.74, 6) is 0.738. The summed E-state index contributed by atoms with van der Waals surface area (Å²) in [7, 11) is 1.44. The molecule has 0 radical (unpaired) electrons. The van der Waals surface area contributed by atoms with Gasteiger partial charge in [0.1, 0.15) is 5.82 Å². The molecule has 1 heterocycles. The molecule has 7 heteroatoms. The molecule has 0 atom stereocenters. The van der Waals surface area contributed by atoms with Gasteiger partial charge in [0.15, 0.2) is 0 Å². The van der Waals surface area contributed by atoms with E-state index in [0.717, 1.165) is 12.1 Å². The smallest absolute Gasteiger partial charge is 0.416 e. The lowest BCUT2D eigenvalue weighted by atomic mass is 10.1. The van der Waals surface area contributed by atoms with Crippen LogP contribution in [0.25, 0.3) is 0 Å². The number of aromatic nitrogens is 1. The minimum absolute atomic E-state index is 0.212. The second-order valence-corrected chi connectivity index (χ2v) is 4.35. The number of hydrogen-bond donors (Lipinski definition) is 2. The Morgan fingerprint density at radius 2 is 2.00 bits per heavy atom. The fourth-order valence-corrected chi connectivity index (χ4v) is 1.76. The number of halogens is 3. The number of pyridine rings is 1. The molecule has 0 spiro atoms. The van der Waals surface area contributed by atoms with Crippen LogP contribution in [0.4, 0.5) is 24.7 Å². The van der Waals surface area contributed by atoms with Crippen LogP contribution in [0.3, 0.4) is 0 Å².